The number of nitrogens with one attached hydrogen (secondary N) is 1. The van der Waals surface area contributed by atoms with Crippen LogP contribution in [0.1, 0.15) is 13.8 Å². The van der Waals surface area contributed by atoms with E-state index in [-0.39, 0.29) is 0 Å². The van der Waals surface area contributed by atoms with Crippen LogP contribution in [0.2, 0.25) is 0 Å². The Labute approximate surface area is 86.1 Å². The van der Waals surface area contributed by atoms with E-state index in [1.807, 2.05) is 0 Å². The van der Waals surface area contributed by atoms with Crippen molar-refractivity contribution in [2.45, 2.75) is 25.9 Å². The number of hydrogen-bond acceptors (Lipinski definition) is 5. The second kappa shape index (κ2) is 3.76. The number of hydrogen-bond donors (Lipinski definition) is 2. The monoisotopic (exact) mass is 238 g/mol. The van der Waals surface area contributed by atoms with Crippen molar-refractivity contribution in [2.24, 2.45) is 0 Å². The smallest absolute Gasteiger partial charge is 0.343 e. The lowest BCUT2D eigenvalue weighted by molar-refractivity contribution is -0.196. The molecule has 8 nitrogen and oxygen atoms in total. The maximum atomic E-state index is 11.2. The fourth-order valence-electron chi connectivity index (χ4n) is 1.20. The van der Waals surface area contributed by atoms with Gasteiger partial charge in [-0.05, 0) is 6.92 Å². The van der Waals surface area contributed by atoms with E-state index < -0.39 is 34.3 Å². The number of hydroxylamine groups is 2. The van der Waals surface area contributed by atoms with Crippen LogP contribution in [0.25, 0.3) is 0 Å². The topological polar surface area (TPSA) is 113 Å². The molecule has 1 aliphatic rings. The first kappa shape index (κ1) is 11.9. The van der Waals surface area contributed by atoms with Crippen LogP contribution in [0.5, 0.6) is 0 Å². The quantitative estimate of drug-likeness (QED) is 0.455. The molecule has 2 amide bonds. The van der Waals surface area contributed by atoms with Crippen molar-refractivity contribution in [3.05, 3.63) is 0 Å². The molecule has 2 N–H and O–H groups in total. The largest absolute Gasteiger partial charge is 0.418 e. The fraction of sp³-hybridized carbons (Fsp3) is 0.667. The normalized spacial score (nSPS) is 26.1. The highest BCUT2D eigenvalue weighted by atomic mass is 32.3. The van der Waals surface area contributed by atoms with Crippen LogP contribution in [0.4, 0.5) is 0 Å². The maximum Gasteiger partial charge on any atom is 0.418 e. The molecule has 1 heterocycles. The van der Waals surface area contributed by atoms with Crippen molar-refractivity contribution < 1.29 is 26.8 Å². The number of nitrogens with zero attached hydrogens (tertiary/aromatic N) is 1. The standard InChI is InChI=1S/C6H10N2O6S/c1-3-5(7-4(2)9)6(10)8(3)14-15(11,12)13/h3,5H,1-2H3,(H,7,9)(H,11,12,13)/t3-,5+/m1/s1. The molecule has 1 saturated heterocycles. The molecule has 1 aliphatic heterocycles. The van der Waals surface area contributed by atoms with Crippen LogP contribution in [0.3, 0.4) is 0 Å². The van der Waals surface area contributed by atoms with E-state index in [0.717, 1.165) is 0 Å². The molecule has 15 heavy (non-hydrogen) atoms. The van der Waals surface area contributed by atoms with Gasteiger partial charge in [-0.15, -0.1) is 4.28 Å². The van der Waals surface area contributed by atoms with E-state index in [9.17, 15) is 18.0 Å². The van der Waals surface area contributed by atoms with Gasteiger partial charge in [-0.25, -0.2) is 0 Å². The lowest BCUT2D eigenvalue weighted by Gasteiger charge is -2.41. The molecule has 2 atom stereocenters. The van der Waals surface area contributed by atoms with Crippen molar-refractivity contribution >= 4 is 22.2 Å². The summed E-state index contributed by atoms with van der Waals surface area (Å²) in [4.78, 5) is 21.8. The van der Waals surface area contributed by atoms with Crippen LogP contribution in [0.15, 0.2) is 0 Å². The summed E-state index contributed by atoms with van der Waals surface area (Å²) >= 11 is 0. The zero-order valence-electron chi connectivity index (χ0n) is 8.00. The van der Waals surface area contributed by atoms with Gasteiger partial charge in [0.25, 0.3) is 5.91 Å². The molecular weight excluding hydrogens is 228 g/mol. The molecule has 1 fully saturated rings. The highest BCUT2D eigenvalue weighted by molar-refractivity contribution is 7.80. The van der Waals surface area contributed by atoms with Crippen molar-refractivity contribution in [3.8, 4) is 0 Å². The maximum absolute atomic E-state index is 11.2. The van der Waals surface area contributed by atoms with Gasteiger partial charge in [-0.1, -0.05) is 0 Å². The predicted octanol–water partition coefficient (Wildman–Crippen LogP) is -1.54. The molecule has 0 aromatic rings. The Kier molecular flexibility index (Phi) is 2.98. The molecule has 0 spiro atoms. The van der Waals surface area contributed by atoms with E-state index in [1.54, 1.807) is 0 Å². The Balaban J connectivity index is 2.62. The third kappa shape index (κ3) is 2.64. The summed E-state index contributed by atoms with van der Waals surface area (Å²) in [6, 6.07) is -1.47. The van der Waals surface area contributed by atoms with Crippen molar-refractivity contribution in [3.63, 3.8) is 0 Å². The van der Waals surface area contributed by atoms with Gasteiger partial charge in [-0.2, -0.15) is 13.5 Å². The minimum absolute atomic E-state index is 0.410. The SMILES string of the molecule is CC(=O)N[C@@H]1C(=O)N(OS(=O)(=O)O)[C@@H]1C. The van der Waals surface area contributed by atoms with Gasteiger partial charge in [0.1, 0.15) is 6.04 Å². The first-order chi connectivity index (χ1) is 6.72. The van der Waals surface area contributed by atoms with Gasteiger partial charge in [0.05, 0.1) is 6.04 Å². The van der Waals surface area contributed by atoms with Crippen LogP contribution < -0.4 is 5.32 Å². The Morgan fingerprint density at radius 3 is 2.47 bits per heavy atom. The Bertz CT molecular complexity index is 390. The number of rotatable bonds is 3. The molecule has 0 saturated carbocycles. The molecular formula is C6H10N2O6S. The summed E-state index contributed by atoms with van der Waals surface area (Å²) in [6.07, 6.45) is 0. The number of β-lactam (4-membered cyclic amide) rings is 1. The van der Waals surface area contributed by atoms with Crippen LogP contribution >= 0.6 is 0 Å². The van der Waals surface area contributed by atoms with Crippen molar-refractivity contribution in [1.29, 1.82) is 0 Å². The molecule has 0 bridgehead atoms. The summed E-state index contributed by atoms with van der Waals surface area (Å²) in [5.74, 6) is -1.14. The van der Waals surface area contributed by atoms with Gasteiger partial charge >= 0.3 is 10.4 Å². The van der Waals surface area contributed by atoms with E-state index in [4.69, 9.17) is 4.55 Å². The number of amides is 2. The zero-order chi connectivity index (χ0) is 11.8. The summed E-state index contributed by atoms with van der Waals surface area (Å²) in [5, 5.41) is 2.79. The first-order valence-electron chi connectivity index (χ1n) is 3.99. The van der Waals surface area contributed by atoms with E-state index in [2.05, 4.69) is 9.60 Å². The molecule has 1 rings (SSSR count). The molecule has 0 aliphatic carbocycles. The Hall–Kier alpha value is -1.19. The average molecular weight is 238 g/mol. The van der Waals surface area contributed by atoms with Gasteiger partial charge in [-0.3, -0.25) is 14.1 Å². The first-order valence-corrected chi connectivity index (χ1v) is 5.36. The second-order valence-electron chi connectivity index (χ2n) is 3.09. The average Bonchev–Trinajstić information content (AvgIpc) is 2.08. The predicted molar refractivity (Wildman–Crippen MR) is 46.5 cm³/mol. The van der Waals surface area contributed by atoms with E-state index in [0.29, 0.717) is 5.06 Å². The third-order valence-corrected chi connectivity index (χ3v) is 2.22. The van der Waals surface area contributed by atoms with Gasteiger partial charge in [0.15, 0.2) is 0 Å². The molecule has 0 unspecified atom stereocenters. The summed E-state index contributed by atoms with van der Waals surface area (Å²) in [7, 11) is -4.71. The summed E-state index contributed by atoms with van der Waals surface area (Å²) in [6.45, 7) is 2.69. The van der Waals surface area contributed by atoms with Crippen molar-refractivity contribution in [2.75, 3.05) is 0 Å². The van der Waals surface area contributed by atoms with Crippen LogP contribution in [-0.4, -0.2) is 41.9 Å². The highest BCUT2D eigenvalue weighted by Gasteiger charge is 2.48. The lowest BCUT2D eigenvalue weighted by Crippen LogP contribution is -2.69. The molecule has 0 aromatic carbocycles. The van der Waals surface area contributed by atoms with E-state index in [1.165, 1.54) is 13.8 Å². The molecule has 86 valence electrons. The molecule has 0 radical (unpaired) electrons. The molecule has 9 heteroatoms. The zero-order valence-corrected chi connectivity index (χ0v) is 8.82. The summed E-state index contributed by atoms with van der Waals surface area (Å²) < 4.78 is 32.9. The summed E-state index contributed by atoms with van der Waals surface area (Å²) in [5.41, 5.74) is 0. The fourth-order valence-corrected chi connectivity index (χ4v) is 1.62. The van der Waals surface area contributed by atoms with Gasteiger partial charge < -0.3 is 5.32 Å². The number of carbonyl (C=O) groups excluding carboxylic acids is 2. The number of carbonyl (C=O) groups is 2. The van der Waals surface area contributed by atoms with E-state index >= 15 is 0 Å². The van der Waals surface area contributed by atoms with Crippen LogP contribution in [-0.2, 0) is 24.3 Å². The third-order valence-electron chi connectivity index (χ3n) is 1.87. The second-order valence-corrected chi connectivity index (χ2v) is 4.09. The van der Waals surface area contributed by atoms with Crippen molar-refractivity contribution in [1.82, 2.24) is 10.4 Å². The lowest BCUT2D eigenvalue weighted by atomic mass is 10.0. The minimum Gasteiger partial charge on any atom is -0.343 e. The van der Waals surface area contributed by atoms with Gasteiger partial charge in [0.2, 0.25) is 5.91 Å². The Morgan fingerprint density at radius 1 is 1.60 bits per heavy atom. The van der Waals surface area contributed by atoms with Crippen LogP contribution in [0, 0.1) is 0 Å². The molecule has 0 aromatic heterocycles. The Morgan fingerprint density at radius 2 is 2.13 bits per heavy atom. The van der Waals surface area contributed by atoms with Gasteiger partial charge in [0, 0.05) is 6.92 Å². The minimum atomic E-state index is -4.71. The highest BCUT2D eigenvalue weighted by Crippen LogP contribution is 2.21.